The van der Waals surface area contributed by atoms with Gasteiger partial charge >= 0.3 is 0 Å². The molecule has 2 atom stereocenters. The number of aliphatic hydroxyl groups excluding tert-OH is 1. The minimum Gasteiger partial charge on any atom is -0.497 e. The molecule has 3 amide bonds. The van der Waals surface area contributed by atoms with Gasteiger partial charge < -0.3 is 24.7 Å². The highest BCUT2D eigenvalue weighted by molar-refractivity contribution is 6.07. The number of hydrogen-bond donors (Lipinski definition) is 2. The lowest BCUT2D eigenvalue weighted by Crippen LogP contribution is -2.44. The van der Waals surface area contributed by atoms with Crippen LogP contribution in [0.3, 0.4) is 0 Å². The minimum atomic E-state index is -1.92. The van der Waals surface area contributed by atoms with Gasteiger partial charge in [0.2, 0.25) is 12.3 Å². The summed E-state index contributed by atoms with van der Waals surface area (Å²) < 4.78 is 5.44. The predicted octanol–water partition coefficient (Wildman–Crippen LogP) is 5.33. The molecular formula is C38H39N3O6. The van der Waals surface area contributed by atoms with E-state index >= 15 is 0 Å². The van der Waals surface area contributed by atoms with Crippen LogP contribution in [-0.2, 0) is 33.1 Å². The SMILES string of the molecule is COc1ccc2c(c1)[C@@](O)([C@H](C)/C=C/CC(=O)N(CCO)Cc1ccccc1)C(=O)N2Cc1cccc(N(C=O)c2ccccc2)c1. The van der Waals surface area contributed by atoms with Gasteiger partial charge in [-0.1, -0.05) is 79.7 Å². The van der Waals surface area contributed by atoms with Crippen LogP contribution in [0.2, 0.25) is 0 Å². The molecule has 1 aliphatic heterocycles. The number of anilines is 3. The first-order chi connectivity index (χ1) is 22.8. The highest BCUT2D eigenvalue weighted by atomic mass is 16.5. The van der Waals surface area contributed by atoms with E-state index in [0.29, 0.717) is 34.9 Å². The number of carbonyl (C=O) groups is 3. The molecule has 9 heteroatoms. The minimum absolute atomic E-state index is 0.0393. The molecule has 0 fully saturated rings. The maximum absolute atomic E-state index is 14.2. The van der Waals surface area contributed by atoms with Crippen LogP contribution in [0.15, 0.2) is 115 Å². The molecule has 1 aliphatic rings. The summed E-state index contributed by atoms with van der Waals surface area (Å²) in [4.78, 5) is 44.0. The van der Waals surface area contributed by atoms with Gasteiger partial charge in [0.05, 0.1) is 25.9 Å². The van der Waals surface area contributed by atoms with Gasteiger partial charge in [-0.25, -0.2) is 0 Å². The van der Waals surface area contributed by atoms with E-state index in [-0.39, 0.29) is 32.0 Å². The number of carbonyl (C=O) groups excluding carboxylic acids is 3. The van der Waals surface area contributed by atoms with Crippen LogP contribution in [0, 0.1) is 5.92 Å². The predicted molar refractivity (Wildman–Crippen MR) is 181 cm³/mol. The first-order valence-electron chi connectivity index (χ1n) is 15.5. The van der Waals surface area contributed by atoms with Crippen molar-refractivity contribution in [3.05, 3.63) is 132 Å². The van der Waals surface area contributed by atoms with Gasteiger partial charge in [-0.05, 0) is 53.6 Å². The highest BCUT2D eigenvalue weighted by Crippen LogP contribution is 2.47. The molecule has 9 nitrogen and oxygen atoms in total. The zero-order valence-corrected chi connectivity index (χ0v) is 26.5. The number of nitrogens with zero attached hydrogens (tertiary/aromatic N) is 3. The Kier molecular flexibility index (Phi) is 10.5. The van der Waals surface area contributed by atoms with Crippen molar-refractivity contribution in [1.82, 2.24) is 4.90 Å². The average molecular weight is 634 g/mol. The van der Waals surface area contributed by atoms with Crippen LogP contribution in [0.4, 0.5) is 17.1 Å². The van der Waals surface area contributed by atoms with E-state index in [1.165, 1.54) is 12.0 Å². The third-order valence-electron chi connectivity index (χ3n) is 8.46. The Morgan fingerprint density at radius 1 is 0.936 bits per heavy atom. The highest BCUT2D eigenvalue weighted by Gasteiger charge is 2.52. The Morgan fingerprint density at radius 3 is 2.30 bits per heavy atom. The number of methoxy groups -OCH3 is 1. The topological polar surface area (TPSA) is 111 Å². The zero-order chi connectivity index (χ0) is 33.4. The molecule has 0 unspecified atom stereocenters. The third kappa shape index (κ3) is 7.11. The molecule has 4 aromatic carbocycles. The molecule has 242 valence electrons. The average Bonchev–Trinajstić information content (AvgIpc) is 3.31. The Morgan fingerprint density at radius 2 is 1.62 bits per heavy atom. The molecule has 0 spiro atoms. The summed E-state index contributed by atoms with van der Waals surface area (Å²) in [5, 5.41) is 21.7. The number of hydrogen-bond acceptors (Lipinski definition) is 6. The van der Waals surface area contributed by atoms with Crippen LogP contribution < -0.4 is 14.5 Å². The van der Waals surface area contributed by atoms with Crippen LogP contribution in [0.1, 0.15) is 30.0 Å². The van der Waals surface area contributed by atoms with Crippen molar-refractivity contribution in [1.29, 1.82) is 0 Å². The molecule has 0 radical (unpaired) electrons. The van der Waals surface area contributed by atoms with Crippen molar-refractivity contribution in [3.63, 3.8) is 0 Å². The van der Waals surface area contributed by atoms with E-state index in [0.717, 1.165) is 17.5 Å². The van der Waals surface area contributed by atoms with Gasteiger partial charge in [0.25, 0.3) is 5.91 Å². The number of rotatable bonds is 14. The fourth-order valence-electron chi connectivity index (χ4n) is 5.91. The van der Waals surface area contributed by atoms with Gasteiger partial charge in [0, 0.05) is 42.4 Å². The molecule has 2 N–H and O–H groups in total. The Hall–Kier alpha value is -5.25. The van der Waals surface area contributed by atoms with Gasteiger partial charge in [0.15, 0.2) is 5.60 Å². The molecule has 0 aromatic heterocycles. The largest absolute Gasteiger partial charge is 0.497 e. The van der Waals surface area contributed by atoms with Gasteiger partial charge in [-0.15, -0.1) is 0 Å². The first kappa shape index (κ1) is 33.1. The van der Waals surface area contributed by atoms with Crippen LogP contribution in [0.5, 0.6) is 5.75 Å². The molecule has 0 saturated carbocycles. The monoisotopic (exact) mass is 633 g/mol. The number of para-hydroxylation sites is 1. The summed E-state index contributed by atoms with van der Waals surface area (Å²) in [6.07, 6.45) is 4.14. The van der Waals surface area contributed by atoms with Crippen molar-refractivity contribution < 1.29 is 29.3 Å². The van der Waals surface area contributed by atoms with E-state index in [1.807, 2.05) is 84.9 Å². The van der Waals surface area contributed by atoms with E-state index in [9.17, 15) is 24.6 Å². The van der Waals surface area contributed by atoms with Crippen molar-refractivity contribution in [2.24, 2.45) is 5.92 Å². The first-order valence-corrected chi connectivity index (χ1v) is 15.5. The molecule has 0 saturated heterocycles. The quantitative estimate of drug-likeness (QED) is 0.144. The standard InChI is InChI=1S/C38H39N3O6/c1-28(11-9-18-36(44)39(21-22-42)25-29-12-5-3-6-13-29)38(46)34-24-33(47-2)19-20-35(34)40(37(38)45)26-30-14-10-17-32(23-30)41(27-43)31-15-7-4-8-16-31/h3-17,19-20,23-24,27-28,42,46H,18,21-22,25-26H2,1-2H3/b11-9+/t28-,38+/m1/s1. The number of benzene rings is 4. The summed E-state index contributed by atoms with van der Waals surface area (Å²) in [5.74, 6) is -0.889. The van der Waals surface area contributed by atoms with Gasteiger partial charge in [-0.3, -0.25) is 19.3 Å². The summed E-state index contributed by atoms with van der Waals surface area (Å²) >= 11 is 0. The van der Waals surface area contributed by atoms with Crippen LogP contribution in [-0.4, -0.2) is 53.6 Å². The number of ether oxygens (including phenoxy) is 1. The normalized spacial score (nSPS) is 16.2. The molecule has 5 rings (SSSR count). The Bertz CT molecular complexity index is 1730. The van der Waals surface area contributed by atoms with Gasteiger partial charge in [-0.2, -0.15) is 0 Å². The lowest BCUT2D eigenvalue weighted by Gasteiger charge is -2.28. The smallest absolute Gasteiger partial charge is 0.264 e. The summed E-state index contributed by atoms with van der Waals surface area (Å²) in [6.45, 7) is 2.29. The molecule has 1 heterocycles. The summed E-state index contributed by atoms with van der Waals surface area (Å²) in [5.41, 5.74) is 2.10. The molecule has 47 heavy (non-hydrogen) atoms. The second kappa shape index (κ2) is 14.9. The fourth-order valence-corrected chi connectivity index (χ4v) is 5.91. The molecular weight excluding hydrogens is 594 g/mol. The molecule has 0 aliphatic carbocycles. The Balaban J connectivity index is 1.37. The number of amides is 3. The van der Waals surface area contributed by atoms with E-state index < -0.39 is 17.4 Å². The van der Waals surface area contributed by atoms with E-state index in [4.69, 9.17) is 4.74 Å². The maximum Gasteiger partial charge on any atom is 0.264 e. The summed E-state index contributed by atoms with van der Waals surface area (Å²) in [7, 11) is 1.52. The van der Waals surface area contributed by atoms with Crippen molar-refractivity contribution in [2.45, 2.75) is 32.0 Å². The lowest BCUT2D eigenvalue weighted by atomic mass is 9.83. The molecule has 0 bridgehead atoms. The van der Waals surface area contributed by atoms with Crippen LogP contribution >= 0.6 is 0 Å². The summed E-state index contributed by atoms with van der Waals surface area (Å²) in [6, 6.07) is 31.3. The third-order valence-corrected chi connectivity index (χ3v) is 8.46. The van der Waals surface area contributed by atoms with Crippen molar-refractivity contribution in [3.8, 4) is 5.75 Å². The Labute approximate surface area is 274 Å². The van der Waals surface area contributed by atoms with Gasteiger partial charge in [0.1, 0.15) is 5.75 Å². The molecule has 4 aromatic rings. The van der Waals surface area contributed by atoms with E-state index in [1.54, 1.807) is 47.1 Å². The van der Waals surface area contributed by atoms with Crippen LogP contribution in [0.25, 0.3) is 0 Å². The zero-order valence-electron chi connectivity index (χ0n) is 26.5. The lowest BCUT2D eigenvalue weighted by molar-refractivity contribution is -0.139. The van der Waals surface area contributed by atoms with Crippen molar-refractivity contribution in [2.75, 3.05) is 30.1 Å². The number of aliphatic hydroxyl groups is 2. The second-order valence-electron chi connectivity index (χ2n) is 11.5. The maximum atomic E-state index is 14.2. The second-order valence-corrected chi connectivity index (χ2v) is 11.5. The number of fused-ring (bicyclic) bond motifs is 1. The van der Waals surface area contributed by atoms with Crippen molar-refractivity contribution >= 4 is 35.3 Å². The fraction of sp³-hybridized carbons (Fsp3) is 0.237. The van der Waals surface area contributed by atoms with E-state index in [2.05, 4.69) is 0 Å².